The molecule has 3 N–H and O–H groups in total. The predicted molar refractivity (Wildman–Crippen MR) is 77.2 cm³/mol. The number of anilines is 1. The second-order valence-electron chi connectivity index (χ2n) is 4.18. The molecule has 0 aliphatic heterocycles. The summed E-state index contributed by atoms with van der Waals surface area (Å²) in [5.74, 6) is 0.443. The highest BCUT2D eigenvalue weighted by atomic mass is 16.5. The Balaban J connectivity index is 2.07. The number of hydrogen-bond donors (Lipinski definition) is 3. The van der Waals surface area contributed by atoms with Gasteiger partial charge in [0.25, 0.3) is 5.91 Å². The van der Waals surface area contributed by atoms with E-state index < -0.39 is 7.12 Å². The lowest BCUT2D eigenvalue weighted by atomic mass is 9.80. The van der Waals surface area contributed by atoms with Crippen molar-refractivity contribution in [2.45, 2.75) is 0 Å². The van der Waals surface area contributed by atoms with Crippen molar-refractivity contribution in [1.29, 1.82) is 0 Å². The van der Waals surface area contributed by atoms with Gasteiger partial charge in [-0.15, -0.1) is 0 Å². The van der Waals surface area contributed by atoms with Crippen LogP contribution in [0.5, 0.6) is 5.75 Å². The molecule has 0 atom stereocenters. The second-order valence-corrected chi connectivity index (χ2v) is 4.18. The van der Waals surface area contributed by atoms with Gasteiger partial charge in [-0.25, -0.2) is 0 Å². The van der Waals surface area contributed by atoms with Gasteiger partial charge in [-0.1, -0.05) is 12.1 Å². The van der Waals surface area contributed by atoms with Gasteiger partial charge >= 0.3 is 7.12 Å². The molecule has 0 spiro atoms. The maximum atomic E-state index is 12.0. The Morgan fingerprint density at radius 3 is 2.15 bits per heavy atom. The molecule has 0 aliphatic rings. The molecule has 5 nitrogen and oxygen atoms in total. The van der Waals surface area contributed by atoms with Gasteiger partial charge in [0.2, 0.25) is 0 Å². The Labute approximate surface area is 117 Å². The van der Waals surface area contributed by atoms with Crippen molar-refractivity contribution in [3.63, 3.8) is 0 Å². The number of ether oxygens (including phenoxy) is 1. The number of benzene rings is 2. The molecule has 102 valence electrons. The summed E-state index contributed by atoms with van der Waals surface area (Å²) < 4.78 is 5.03. The molecular weight excluding hydrogens is 257 g/mol. The van der Waals surface area contributed by atoms with Gasteiger partial charge in [0.05, 0.1) is 7.11 Å². The topological polar surface area (TPSA) is 78.8 Å². The molecule has 0 aliphatic carbocycles. The number of nitrogens with one attached hydrogen (secondary N) is 1. The maximum absolute atomic E-state index is 12.0. The molecule has 0 heterocycles. The molecule has 0 radical (unpaired) electrons. The number of rotatable bonds is 4. The highest BCUT2D eigenvalue weighted by Gasteiger charge is 2.12. The minimum absolute atomic E-state index is 0.269. The van der Waals surface area contributed by atoms with Crippen LogP contribution in [-0.4, -0.2) is 30.2 Å². The molecule has 0 saturated carbocycles. The monoisotopic (exact) mass is 271 g/mol. The van der Waals surface area contributed by atoms with E-state index >= 15 is 0 Å². The van der Waals surface area contributed by atoms with Crippen LogP contribution in [0.1, 0.15) is 10.4 Å². The third-order valence-corrected chi connectivity index (χ3v) is 2.82. The number of hydrogen-bond acceptors (Lipinski definition) is 4. The van der Waals surface area contributed by atoms with Crippen LogP contribution in [0.15, 0.2) is 48.5 Å². The normalized spacial score (nSPS) is 9.95. The molecule has 0 saturated heterocycles. The second kappa shape index (κ2) is 6.23. The van der Waals surface area contributed by atoms with E-state index in [9.17, 15) is 4.79 Å². The Kier molecular flexibility index (Phi) is 4.39. The van der Waals surface area contributed by atoms with Gasteiger partial charge in [0, 0.05) is 11.3 Å². The first-order chi connectivity index (χ1) is 9.60. The molecule has 0 aromatic heterocycles. The Morgan fingerprint density at radius 2 is 1.65 bits per heavy atom. The van der Waals surface area contributed by atoms with Gasteiger partial charge < -0.3 is 20.1 Å². The van der Waals surface area contributed by atoms with Gasteiger partial charge in [-0.05, 0) is 41.9 Å². The summed E-state index contributed by atoms with van der Waals surface area (Å²) in [5.41, 5.74) is 1.43. The Morgan fingerprint density at radius 1 is 1.05 bits per heavy atom. The van der Waals surface area contributed by atoms with E-state index in [0.717, 1.165) is 0 Å². The van der Waals surface area contributed by atoms with E-state index in [0.29, 0.717) is 22.5 Å². The van der Waals surface area contributed by atoms with Gasteiger partial charge in [0.15, 0.2) is 0 Å². The summed E-state index contributed by atoms with van der Waals surface area (Å²) in [6.07, 6.45) is 0. The minimum Gasteiger partial charge on any atom is -0.497 e. The third kappa shape index (κ3) is 3.37. The van der Waals surface area contributed by atoms with E-state index in [-0.39, 0.29) is 5.91 Å². The van der Waals surface area contributed by atoms with E-state index in [1.54, 1.807) is 31.4 Å². The quantitative estimate of drug-likeness (QED) is 0.712. The van der Waals surface area contributed by atoms with Crippen molar-refractivity contribution in [3.8, 4) is 5.75 Å². The summed E-state index contributed by atoms with van der Waals surface area (Å²) >= 11 is 0. The first-order valence-electron chi connectivity index (χ1n) is 6.01. The predicted octanol–water partition coefficient (Wildman–Crippen LogP) is 0.627. The zero-order valence-corrected chi connectivity index (χ0v) is 10.9. The highest BCUT2D eigenvalue weighted by Crippen LogP contribution is 2.15. The lowest BCUT2D eigenvalue weighted by Crippen LogP contribution is -2.29. The van der Waals surface area contributed by atoms with Gasteiger partial charge in [0.1, 0.15) is 5.75 Å². The minimum atomic E-state index is -1.53. The van der Waals surface area contributed by atoms with Gasteiger partial charge in [-0.2, -0.15) is 0 Å². The summed E-state index contributed by atoms with van der Waals surface area (Å²) in [7, 11) is 0.0405. The van der Waals surface area contributed by atoms with Crippen LogP contribution in [0.3, 0.4) is 0 Å². The molecule has 6 heteroatoms. The molecule has 0 fully saturated rings. The zero-order valence-electron chi connectivity index (χ0n) is 10.9. The van der Waals surface area contributed by atoms with Crippen molar-refractivity contribution in [1.82, 2.24) is 0 Å². The average Bonchev–Trinajstić information content (AvgIpc) is 2.48. The average molecular weight is 271 g/mol. The van der Waals surface area contributed by atoms with Crippen molar-refractivity contribution >= 4 is 24.2 Å². The van der Waals surface area contributed by atoms with Crippen LogP contribution in [0, 0.1) is 0 Å². The van der Waals surface area contributed by atoms with Crippen molar-refractivity contribution < 1.29 is 19.6 Å². The van der Waals surface area contributed by atoms with Crippen LogP contribution in [0.4, 0.5) is 5.69 Å². The standard InChI is InChI=1S/C14H14BNO4/c1-20-13-8-6-12(7-9-13)16-14(17)10-2-4-11(5-3-10)15(18)19/h2-9,18-19H,1H3,(H,16,17). The van der Waals surface area contributed by atoms with Crippen LogP contribution >= 0.6 is 0 Å². The fraction of sp³-hybridized carbons (Fsp3) is 0.0714. The molecule has 2 rings (SSSR count). The summed E-state index contributed by atoms with van der Waals surface area (Å²) in [6, 6.07) is 13.0. The lowest BCUT2D eigenvalue weighted by Gasteiger charge is -2.07. The fourth-order valence-electron chi connectivity index (χ4n) is 1.68. The van der Waals surface area contributed by atoms with Crippen molar-refractivity contribution in [2.75, 3.05) is 12.4 Å². The number of carbonyl (C=O) groups is 1. The lowest BCUT2D eigenvalue weighted by molar-refractivity contribution is 0.102. The number of methoxy groups -OCH3 is 1. The molecule has 2 aromatic rings. The first kappa shape index (κ1) is 14.1. The SMILES string of the molecule is COc1ccc(NC(=O)c2ccc(B(O)O)cc2)cc1. The molecular formula is C14H14BNO4. The summed E-state index contributed by atoms with van der Waals surface area (Å²) in [5, 5.41) is 20.7. The van der Waals surface area contributed by atoms with Crippen molar-refractivity contribution in [3.05, 3.63) is 54.1 Å². The highest BCUT2D eigenvalue weighted by molar-refractivity contribution is 6.58. The van der Waals surface area contributed by atoms with Gasteiger partial charge in [-0.3, -0.25) is 4.79 Å². The van der Waals surface area contributed by atoms with E-state index in [1.807, 2.05) is 0 Å². The molecule has 20 heavy (non-hydrogen) atoms. The first-order valence-corrected chi connectivity index (χ1v) is 6.01. The van der Waals surface area contributed by atoms with Crippen molar-refractivity contribution in [2.24, 2.45) is 0 Å². The van der Waals surface area contributed by atoms with Crippen LogP contribution in [-0.2, 0) is 0 Å². The molecule has 0 bridgehead atoms. The van der Waals surface area contributed by atoms with E-state index in [1.165, 1.54) is 24.3 Å². The fourth-order valence-corrected chi connectivity index (χ4v) is 1.68. The molecule has 1 amide bonds. The molecule has 0 unspecified atom stereocenters. The molecule has 2 aromatic carbocycles. The Hall–Kier alpha value is -2.31. The van der Waals surface area contributed by atoms with E-state index in [4.69, 9.17) is 14.8 Å². The third-order valence-electron chi connectivity index (χ3n) is 2.82. The summed E-state index contributed by atoms with van der Waals surface area (Å²) in [4.78, 5) is 12.0. The number of carbonyl (C=O) groups excluding carboxylic acids is 1. The Bertz CT molecular complexity index is 581. The van der Waals surface area contributed by atoms with Crippen LogP contribution < -0.4 is 15.5 Å². The zero-order chi connectivity index (χ0) is 14.5. The smallest absolute Gasteiger partial charge is 0.488 e. The van der Waals surface area contributed by atoms with Crippen LogP contribution in [0.2, 0.25) is 0 Å². The number of amides is 1. The largest absolute Gasteiger partial charge is 0.497 e. The summed E-state index contributed by atoms with van der Waals surface area (Å²) in [6.45, 7) is 0. The van der Waals surface area contributed by atoms with E-state index in [2.05, 4.69) is 5.32 Å². The van der Waals surface area contributed by atoms with Crippen LogP contribution in [0.25, 0.3) is 0 Å². The maximum Gasteiger partial charge on any atom is 0.488 e.